The van der Waals surface area contributed by atoms with Crippen LogP contribution in [0.1, 0.15) is 32.6 Å². The zero-order valence-corrected chi connectivity index (χ0v) is 19.0. The van der Waals surface area contributed by atoms with Crippen LogP contribution in [0.25, 0.3) is 0 Å². The second kappa shape index (κ2) is 9.79. The fraction of sp³-hybridized carbons (Fsp3) is 0.333. The Bertz CT molecular complexity index is 981. The van der Waals surface area contributed by atoms with Gasteiger partial charge in [-0.25, -0.2) is 4.90 Å². The molecule has 2 amide bonds. The lowest BCUT2D eigenvalue weighted by Crippen LogP contribution is -2.35. The summed E-state index contributed by atoms with van der Waals surface area (Å²) >= 11 is 7.35. The number of halogens is 1. The van der Waals surface area contributed by atoms with Gasteiger partial charge in [-0.05, 0) is 68.3 Å². The summed E-state index contributed by atoms with van der Waals surface area (Å²) in [5.74, 6) is 0.169. The lowest BCUT2D eigenvalue weighted by molar-refractivity contribution is -0.121. The molecule has 31 heavy (non-hydrogen) atoms. The van der Waals surface area contributed by atoms with Gasteiger partial charge in [-0.15, -0.1) is 0 Å². The number of anilines is 1. The molecule has 7 heteroatoms. The maximum absolute atomic E-state index is 13.5. The number of hydrogen-bond donors (Lipinski definition) is 0. The smallest absolute Gasteiger partial charge is 0.283 e. The summed E-state index contributed by atoms with van der Waals surface area (Å²) in [5, 5.41) is 0.635. The molecule has 0 unspecified atom stereocenters. The van der Waals surface area contributed by atoms with Crippen molar-refractivity contribution >= 4 is 40.9 Å². The van der Waals surface area contributed by atoms with Crippen molar-refractivity contribution in [3.05, 3.63) is 64.2 Å². The van der Waals surface area contributed by atoms with E-state index in [1.54, 1.807) is 36.4 Å². The molecule has 2 heterocycles. The van der Waals surface area contributed by atoms with Crippen molar-refractivity contribution in [3.63, 3.8) is 0 Å². The number of hydrogen-bond acceptors (Lipinski definition) is 5. The molecule has 0 aliphatic carbocycles. The topological polar surface area (TPSA) is 49.9 Å². The molecule has 0 radical (unpaired) electrons. The number of rotatable bonds is 6. The summed E-state index contributed by atoms with van der Waals surface area (Å²) in [6.45, 7) is 4.05. The van der Waals surface area contributed by atoms with Crippen LogP contribution in [0.5, 0.6) is 5.75 Å². The molecule has 5 nitrogen and oxygen atoms in total. The zero-order chi connectivity index (χ0) is 21.8. The average Bonchev–Trinajstić information content (AvgIpc) is 2.95. The molecule has 2 aliphatic heterocycles. The maximum atomic E-state index is 13.5. The minimum Gasteiger partial charge on any atom is -0.494 e. The van der Waals surface area contributed by atoms with Gasteiger partial charge in [0.1, 0.15) is 16.4 Å². The van der Waals surface area contributed by atoms with E-state index >= 15 is 0 Å². The van der Waals surface area contributed by atoms with Gasteiger partial charge in [0, 0.05) is 23.0 Å². The van der Waals surface area contributed by atoms with E-state index < -0.39 is 0 Å². The quantitative estimate of drug-likeness (QED) is 0.538. The molecule has 1 saturated heterocycles. The van der Waals surface area contributed by atoms with Crippen molar-refractivity contribution < 1.29 is 14.3 Å². The Morgan fingerprint density at radius 1 is 0.903 bits per heavy atom. The third-order valence-corrected chi connectivity index (χ3v) is 6.71. The number of carbonyl (C=O) groups excluding carboxylic acids is 2. The van der Waals surface area contributed by atoms with Gasteiger partial charge in [-0.2, -0.15) is 0 Å². The van der Waals surface area contributed by atoms with Gasteiger partial charge in [-0.3, -0.25) is 9.59 Å². The highest BCUT2D eigenvalue weighted by atomic mass is 35.5. The van der Waals surface area contributed by atoms with Crippen LogP contribution in [0.4, 0.5) is 5.69 Å². The Labute approximate surface area is 192 Å². The Hall–Kier alpha value is -2.44. The zero-order valence-electron chi connectivity index (χ0n) is 17.5. The Morgan fingerprint density at radius 3 is 2.16 bits per heavy atom. The van der Waals surface area contributed by atoms with Crippen LogP contribution in [-0.4, -0.2) is 36.4 Å². The average molecular weight is 457 g/mol. The van der Waals surface area contributed by atoms with Gasteiger partial charge in [0.05, 0.1) is 12.3 Å². The van der Waals surface area contributed by atoms with Crippen molar-refractivity contribution in [3.8, 4) is 5.75 Å². The minimum atomic E-state index is -0.284. The van der Waals surface area contributed by atoms with Crippen LogP contribution in [0, 0.1) is 0 Å². The lowest BCUT2D eigenvalue weighted by Gasteiger charge is -2.24. The van der Waals surface area contributed by atoms with Crippen molar-refractivity contribution in [2.45, 2.75) is 37.5 Å². The van der Waals surface area contributed by atoms with Gasteiger partial charge in [0.25, 0.3) is 11.8 Å². The van der Waals surface area contributed by atoms with Crippen LogP contribution in [0.3, 0.4) is 0 Å². The number of likely N-dealkylation sites (tertiary alicyclic amines) is 1. The Kier molecular flexibility index (Phi) is 6.88. The minimum absolute atomic E-state index is 0.257. The maximum Gasteiger partial charge on any atom is 0.283 e. The van der Waals surface area contributed by atoms with Crippen LogP contribution in [-0.2, 0) is 9.59 Å². The molecule has 2 aromatic rings. The Balaban J connectivity index is 1.69. The van der Waals surface area contributed by atoms with E-state index in [9.17, 15) is 9.59 Å². The number of thioether (sulfide) groups is 1. The van der Waals surface area contributed by atoms with Crippen LogP contribution >= 0.6 is 23.4 Å². The molecule has 0 bridgehead atoms. The molecule has 1 fully saturated rings. The van der Waals surface area contributed by atoms with E-state index in [4.69, 9.17) is 16.3 Å². The standard InChI is InChI=1S/C24H25ClN2O3S/c1-2-30-19-11-9-18(10-12-19)27-23(28)21(26-15-5-3-4-6-16-26)22(24(27)29)31-20-13-7-17(25)8-14-20/h7-14H,2-6,15-16H2,1H3. The second-order valence-corrected chi connectivity index (χ2v) is 9.03. The van der Waals surface area contributed by atoms with Gasteiger partial charge < -0.3 is 9.64 Å². The number of benzene rings is 2. The summed E-state index contributed by atoms with van der Waals surface area (Å²) < 4.78 is 5.50. The van der Waals surface area contributed by atoms with Crippen LogP contribution < -0.4 is 9.64 Å². The molecule has 0 aromatic heterocycles. The molecular weight excluding hydrogens is 432 g/mol. The second-order valence-electron chi connectivity index (χ2n) is 7.51. The molecule has 0 atom stereocenters. The van der Waals surface area contributed by atoms with Gasteiger partial charge >= 0.3 is 0 Å². The first kappa shape index (κ1) is 21.8. The fourth-order valence-electron chi connectivity index (χ4n) is 3.88. The highest BCUT2D eigenvalue weighted by Gasteiger charge is 2.42. The van der Waals surface area contributed by atoms with E-state index in [0.717, 1.165) is 43.7 Å². The lowest BCUT2D eigenvalue weighted by atomic mass is 10.2. The van der Waals surface area contributed by atoms with E-state index in [0.29, 0.717) is 33.7 Å². The van der Waals surface area contributed by atoms with E-state index in [1.165, 1.54) is 16.7 Å². The van der Waals surface area contributed by atoms with Crippen molar-refractivity contribution in [1.29, 1.82) is 0 Å². The summed E-state index contributed by atoms with van der Waals surface area (Å²) in [6, 6.07) is 14.4. The van der Waals surface area contributed by atoms with E-state index in [-0.39, 0.29) is 11.8 Å². The van der Waals surface area contributed by atoms with E-state index in [2.05, 4.69) is 4.90 Å². The number of carbonyl (C=O) groups is 2. The highest BCUT2D eigenvalue weighted by molar-refractivity contribution is 8.04. The number of ether oxygens (including phenoxy) is 1. The van der Waals surface area contributed by atoms with Crippen LogP contribution in [0.2, 0.25) is 5.02 Å². The third kappa shape index (κ3) is 4.75. The molecule has 0 N–H and O–H groups in total. The molecular formula is C24H25ClN2O3S. The highest BCUT2D eigenvalue weighted by Crippen LogP contribution is 2.39. The third-order valence-electron chi connectivity index (χ3n) is 5.38. The number of imide groups is 1. The molecule has 2 aromatic carbocycles. The van der Waals surface area contributed by atoms with Crippen molar-refractivity contribution in [2.24, 2.45) is 0 Å². The molecule has 162 valence electrons. The number of amides is 2. The number of nitrogens with zero attached hydrogens (tertiary/aromatic N) is 2. The first-order chi connectivity index (χ1) is 15.1. The first-order valence-electron chi connectivity index (χ1n) is 10.6. The van der Waals surface area contributed by atoms with Gasteiger partial charge in [0.15, 0.2) is 0 Å². The first-order valence-corrected chi connectivity index (χ1v) is 11.8. The molecule has 0 saturated carbocycles. The van der Waals surface area contributed by atoms with E-state index in [1.807, 2.05) is 19.1 Å². The van der Waals surface area contributed by atoms with Gasteiger partial charge in [0.2, 0.25) is 0 Å². The Morgan fingerprint density at radius 2 is 1.55 bits per heavy atom. The fourth-order valence-corrected chi connectivity index (χ4v) is 5.00. The monoisotopic (exact) mass is 456 g/mol. The summed E-state index contributed by atoms with van der Waals surface area (Å²) in [4.78, 5) is 31.7. The normalized spacial score (nSPS) is 17.4. The van der Waals surface area contributed by atoms with Crippen molar-refractivity contribution in [2.75, 3.05) is 24.6 Å². The predicted molar refractivity (Wildman–Crippen MR) is 124 cm³/mol. The molecule has 2 aliphatic rings. The summed E-state index contributed by atoms with van der Waals surface area (Å²) in [6.07, 6.45) is 4.34. The molecule has 0 spiro atoms. The summed E-state index contributed by atoms with van der Waals surface area (Å²) in [7, 11) is 0. The van der Waals surface area contributed by atoms with Crippen molar-refractivity contribution in [1.82, 2.24) is 4.90 Å². The predicted octanol–water partition coefficient (Wildman–Crippen LogP) is 5.49. The molecule has 4 rings (SSSR count). The largest absolute Gasteiger partial charge is 0.494 e. The van der Waals surface area contributed by atoms with Crippen LogP contribution in [0.15, 0.2) is 64.0 Å². The summed E-state index contributed by atoms with van der Waals surface area (Å²) in [5.41, 5.74) is 1.07. The van der Waals surface area contributed by atoms with Gasteiger partial charge in [-0.1, -0.05) is 36.2 Å². The SMILES string of the molecule is CCOc1ccc(N2C(=O)C(Sc3ccc(Cl)cc3)=C(N3CCCCCC3)C2=O)cc1.